The topological polar surface area (TPSA) is 72.3 Å². The lowest BCUT2D eigenvalue weighted by molar-refractivity contribution is 0.661. The fourth-order valence-corrected chi connectivity index (χ4v) is 1.77. The van der Waals surface area contributed by atoms with Gasteiger partial charge in [-0.3, -0.25) is 0 Å². The van der Waals surface area contributed by atoms with Crippen LogP contribution in [0.5, 0.6) is 0 Å². The van der Waals surface area contributed by atoms with Gasteiger partial charge in [0.2, 0.25) is 0 Å². The molecule has 0 bridgehead atoms. The van der Waals surface area contributed by atoms with Crippen molar-refractivity contribution in [1.82, 2.24) is 29.7 Å². The van der Waals surface area contributed by atoms with Crippen LogP contribution >= 0.6 is 23.2 Å². The Kier molecular flexibility index (Phi) is 2.45. The van der Waals surface area contributed by atoms with Gasteiger partial charge in [-0.25, -0.2) is 19.6 Å². The summed E-state index contributed by atoms with van der Waals surface area (Å²) in [6, 6.07) is 1.70. The highest BCUT2D eigenvalue weighted by molar-refractivity contribution is 6.41. The Morgan fingerprint density at radius 3 is 2.94 bits per heavy atom. The zero-order valence-corrected chi connectivity index (χ0v) is 9.94. The lowest BCUT2D eigenvalue weighted by Gasteiger charge is -1.94. The molecule has 0 aromatic carbocycles. The number of aromatic nitrogens is 6. The van der Waals surface area contributed by atoms with Gasteiger partial charge in [-0.1, -0.05) is 23.2 Å². The smallest absolute Gasteiger partial charge is 0.179 e. The first kappa shape index (κ1) is 10.5. The lowest BCUT2D eigenvalue weighted by atomic mass is 10.4. The molecule has 86 valence electrons. The molecule has 0 aliphatic heterocycles. The summed E-state index contributed by atoms with van der Waals surface area (Å²) < 4.78 is 1.65. The molecule has 0 spiro atoms. The van der Waals surface area contributed by atoms with E-state index in [0.29, 0.717) is 17.2 Å². The van der Waals surface area contributed by atoms with Crippen LogP contribution in [0.25, 0.3) is 11.2 Å². The first-order valence-corrected chi connectivity index (χ1v) is 5.51. The SMILES string of the molecule is Clc1cc2[nH]c(Cn3cncn3)nc2nc1Cl. The monoisotopic (exact) mass is 268 g/mol. The van der Waals surface area contributed by atoms with Gasteiger partial charge in [0.05, 0.1) is 10.5 Å². The normalized spacial score (nSPS) is 11.2. The van der Waals surface area contributed by atoms with Crippen LogP contribution in [0.1, 0.15) is 5.82 Å². The number of imidazole rings is 1. The number of H-pyrrole nitrogens is 1. The van der Waals surface area contributed by atoms with Gasteiger partial charge in [0.25, 0.3) is 0 Å². The Morgan fingerprint density at radius 2 is 2.18 bits per heavy atom. The number of aromatic amines is 1. The van der Waals surface area contributed by atoms with Crippen molar-refractivity contribution >= 4 is 34.4 Å². The van der Waals surface area contributed by atoms with Crippen LogP contribution < -0.4 is 0 Å². The number of rotatable bonds is 2. The average Bonchev–Trinajstić information content (AvgIpc) is 2.89. The third-order valence-corrected chi connectivity index (χ3v) is 2.88. The molecule has 6 nitrogen and oxygen atoms in total. The zero-order chi connectivity index (χ0) is 11.8. The van der Waals surface area contributed by atoms with E-state index in [1.165, 1.54) is 6.33 Å². The number of nitrogens with zero attached hydrogens (tertiary/aromatic N) is 5. The van der Waals surface area contributed by atoms with Crippen LogP contribution in [-0.4, -0.2) is 29.7 Å². The van der Waals surface area contributed by atoms with Crippen molar-refractivity contribution in [3.63, 3.8) is 0 Å². The summed E-state index contributed by atoms with van der Waals surface area (Å²) in [5.41, 5.74) is 1.28. The Morgan fingerprint density at radius 1 is 1.29 bits per heavy atom. The maximum atomic E-state index is 5.87. The molecule has 0 fully saturated rings. The largest absolute Gasteiger partial charge is 0.339 e. The lowest BCUT2D eigenvalue weighted by Crippen LogP contribution is -2.01. The van der Waals surface area contributed by atoms with E-state index in [4.69, 9.17) is 23.2 Å². The van der Waals surface area contributed by atoms with Crippen molar-refractivity contribution in [2.45, 2.75) is 6.54 Å². The van der Waals surface area contributed by atoms with E-state index in [1.807, 2.05) is 0 Å². The maximum absolute atomic E-state index is 5.87. The molecular weight excluding hydrogens is 263 g/mol. The van der Waals surface area contributed by atoms with E-state index in [2.05, 4.69) is 25.0 Å². The standard InChI is InChI=1S/C9H6Cl2N6/c10-5-1-6-9(16-8(5)11)15-7(14-6)2-17-4-12-3-13-17/h1,3-4H,2H2,(H,14,15,16). The van der Waals surface area contributed by atoms with Crippen molar-refractivity contribution < 1.29 is 0 Å². The molecule has 0 amide bonds. The number of fused-ring (bicyclic) bond motifs is 1. The van der Waals surface area contributed by atoms with E-state index >= 15 is 0 Å². The van der Waals surface area contributed by atoms with E-state index in [1.54, 1.807) is 17.1 Å². The van der Waals surface area contributed by atoms with Gasteiger partial charge in [-0.15, -0.1) is 0 Å². The molecule has 0 unspecified atom stereocenters. The molecule has 0 atom stereocenters. The van der Waals surface area contributed by atoms with Gasteiger partial charge < -0.3 is 4.98 Å². The van der Waals surface area contributed by atoms with Crippen LogP contribution in [0.2, 0.25) is 10.2 Å². The Labute approximate surface area is 106 Å². The van der Waals surface area contributed by atoms with E-state index in [-0.39, 0.29) is 5.15 Å². The molecule has 0 saturated heterocycles. The third kappa shape index (κ3) is 1.96. The summed E-state index contributed by atoms with van der Waals surface area (Å²) >= 11 is 11.7. The molecule has 3 heterocycles. The van der Waals surface area contributed by atoms with Gasteiger partial charge in [-0.05, 0) is 6.07 Å². The van der Waals surface area contributed by atoms with Gasteiger partial charge in [0.1, 0.15) is 30.2 Å². The summed E-state index contributed by atoms with van der Waals surface area (Å²) in [4.78, 5) is 15.3. The minimum absolute atomic E-state index is 0.248. The summed E-state index contributed by atoms with van der Waals surface area (Å²) in [6.45, 7) is 0.492. The number of halogens is 2. The van der Waals surface area contributed by atoms with E-state index in [0.717, 1.165) is 11.3 Å². The average molecular weight is 269 g/mol. The number of nitrogens with one attached hydrogen (secondary N) is 1. The van der Waals surface area contributed by atoms with Gasteiger partial charge in [0.15, 0.2) is 5.65 Å². The highest BCUT2D eigenvalue weighted by Gasteiger charge is 2.08. The highest BCUT2D eigenvalue weighted by atomic mass is 35.5. The Balaban J connectivity index is 2.02. The Hall–Kier alpha value is -1.66. The second kappa shape index (κ2) is 3.97. The minimum atomic E-state index is 0.248. The Bertz CT molecular complexity index is 620. The number of hydrogen-bond acceptors (Lipinski definition) is 4. The molecule has 0 saturated carbocycles. The van der Waals surface area contributed by atoms with Crippen LogP contribution in [0.3, 0.4) is 0 Å². The predicted molar refractivity (Wildman–Crippen MR) is 63.0 cm³/mol. The molecule has 0 aliphatic rings. The van der Waals surface area contributed by atoms with Crippen molar-refractivity contribution in [2.24, 2.45) is 0 Å². The third-order valence-electron chi connectivity index (χ3n) is 2.21. The van der Waals surface area contributed by atoms with E-state index < -0.39 is 0 Å². The van der Waals surface area contributed by atoms with Crippen LogP contribution in [0.15, 0.2) is 18.7 Å². The second-order valence-electron chi connectivity index (χ2n) is 3.41. The van der Waals surface area contributed by atoms with Crippen LogP contribution in [0.4, 0.5) is 0 Å². The fourth-order valence-electron chi connectivity index (χ4n) is 1.49. The molecule has 0 radical (unpaired) electrons. The van der Waals surface area contributed by atoms with Crippen molar-refractivity contribution in [2.75, 3.05) is 0 Å². The first-order chi connectivity index (χ1) is 8.22. The number of pyridine rings is 1. The fraction of sp³-hybridized carbons (Fsp3) is 0.111. The highest BCUT2D eigenvalue weighted by Crippen LogP contribution is 2.23. The molecule has 3 aromatic rings. The molecule has 8 heteroatoms. The first-order valence-electron chi connectivity index (χ1n) is 4.75. The predicted octanol–water partition coefficient (Wildman–Crippen LogP) is 1.90. The van der Waals surface area contributed by atoms with E-state index in [9.17, 15) is 0 Å². The van der Waals surface area contributed by atoms with Gasteiger partial charge >= 0.3 is 0 Å². The van der Waals surface area contributed by atoms with Gasteiger partial charge in [-0.2, -0.15) is 5.10 Å². The van der Waals surface area contributed by atoms with Crippen molar-refractivity contribution in [3.05, 3.63) is 34.7 Å². The zero-order valence-electron chi connectivity index (χ0n) is 8.43. The summed E-state index contributed by atoms with van der Waals surface area (Å²) in [5, 5.41) is 4.64. The summed E-state index contributed by atoms with van der Waals surface area (Å²) in [7, 11) is 0. The molecule has 3 aromatic heterocycles. The second-order valence-corrected chi connectivity index (χ2v) is 4.17. The summed E-state index contributed by atoms with van der Waals surface area (Å²) in [5.74, 6) is 0.719. The van der Waals surface area contributed by atoms with Crippen LogP contribution in [0, 0.1) is 0 Å². The molecule has 17 heavy (non-hydrogen) atoms. The molecular formula is C9H6Cl2N6. The van der Waals surface area contributed by atoms with Gasteiger partial charge in [0, 0.05) is 0 Å². The molecule has 0 aliphatic carbocycles. The number of hydrogen-bond donors (Lipinski definition) is 1. The molecule has 1 N–H and O–H groups in total. The van der Waals surface area contributed by atoms with Crippen molar-refractivity contribution in [1.29, 1.82) is 0 Å². The van der Waals surface area contributed by atoms with Crippen molar-refractivity contribution in [3.8, 4) is 0 Å². The summed E-state index contributed by atoms with van der Waals surface area (Å²) in [6.07, 6.45) is 3.08. The minimum Gasteiger partial charge on any atom is -0.339 e. The maximum Gasteiger partial charge on any atom is 0.179 e. The molecule has 3 rings (SSSR count). The quantitative estimate of drug-likeness (QED) is 0.721. The van der Waals surface area contributed by atoms with Crippen LogP contribution in [-0.2, 0) is 6.54 Å².